The van der Waals surface area contributed by atoms with E-state index in [2.05, 4.69) is 33.9 Å². The minimum atomic E-state index is -2.22. The summed E-state index contributed by atoms with van der Waals surface area (Å²) in [5.74, 6) is -0.962. The van der Waals surface area contributed by atoms with Crippen molar-refractivity contribution >= 4 is 20.3 Å². The Kier molecular flexibility index (Phi) is 6.05. The van der Waals surface area contributed by atoms with Gasteiger partial charge in [0.05, 0.1) is 12.0 Å². The minimum absolute atomic E-state index is 0.0422. The van der Waals surface area contributed by atoms with Gasteiger partial charge in [-0.15, -0.1) is 0 Å². The van der Waals surface area contributed by atoms with Gasteiger partial charge >= 0.3 is 11.9 Å². The lowest BCUT2D eigenvalue weighted by Gasteiger charge is -2.43. The van der Waals surface area contributed by atoms with Crippen LogP contribution in [0.1, 0.15) is 67.7 Å². The second-order valence-electron chi connectivity index (χ2n) is 11.3. The summed E-state index contributed by atoms with van der Waals surface area (Å²) in [6, 6.07) is 0. The first-order valence-electron chi connectivity index (χ1n) is 11.2. The third-order valence-electron chi connectivity index (χ3n) is 8.19. The molecule has 8 heteroatoms. The number of hydrogen-bond donors (Lipinski definition) is 1. The van der Waals surface area contributed by atoms with Crippen LogP contribution in [0.4, 0.5) is 0 Å². The largest absolute Gasteiger partial charge is 0.457 e. The van der Waals surface area contributed by atoms with Crippen molar-refractivity contribution in [2.24, 2.45) is 11.8 Å². The Hall–Kier alpha value is -1.22. The fourth-order valence-electron chi connectivity index (χ4n) is 5.17. The monoisotopic (exact) mass is 454 g/mol. The molecule has 0 aromatic carbocycles. The van der Waals surface area contributed by atoms with Gasteiger partial charge in [0.1, 0.15) is 11.7 Å². The maximum Gasteiger partial charge on any atom is 0.309 e. The first-order valence-corrected chi connectivity index (χ1v) is 14.1. The van der Waals surface area contributed by atoms with Gasteiger partial charge in [0.2, 0.25) is 0 Å². The highest BCUT2D eigenvalue weighted by Crippen LogP contribution is 2.56. The van der Waals surface area contributed by atoms with E-state index in [0.29, 0.717) is 24.8 Å². The predicted octanol–water partition coefficient (Wildman–Crippen LogP) is 4.62. The van der Waals surface area contributed by atoms with Gasteiger partial charge in [-0.05, 0) is 50.4 Å². The number of esters is 2. The van der Waals surface area contributed by atoms with Crippen LogP contribution in [0.3, 0.4) is 0 Å². The van der Waals surface area contributed by atoms with Crippen LogP contribution in [-0.4, -0.2) is 48.9 Å². The van der Waals surface area contributed by atoms with E-state index >= 15 is 0 Å². The van der Waals surface area contributed by atoms with Crippen LogP contribution in [0, 0.1) is 11.8 Å². The van der Waals surface area contributed by atoms with Crippen LogP contribution in [-0.2, 0) is 28.4 Å². The Labute approximate surface area is 186 Å². The van der Waals surface area contributed by atoms with Crippen molar-refractivity contribution in [2.45, 2.75) is 109 Å². The Morgan fingerprint density at radius 3 is 2.39 bits per heavy atom. The lowest BCUT2D eigenvalue weighted by Crippen LogP contribution is -2.52. The molecule has 1 saturated heterocycles. The molecule has 3 aliphatic rings. The minimum Gasteiger partial charge on any atom is -0.457 e. The Morgan fingerprint density at radius 1 is 1.26 bits per heavy atom. The molecule has 0 saturated carbocycles. The molecule has 1 heterocycles. The number of ether oxygens (including phenoxy) is 2. The van der Waals surface area contributed by atoms with E-state index in [1.54, 1.807) is 6.92 Å². The van der Waals surface area contributed by atoms with Crippen molar-refractivity contribution in [3.05, 3.63) is 11.1 Å². The van der Waals surface area contributed by atoms with Gasteiger partial charge in [0.25, 0.3) is 0 Å². The Morgan fingerprint density at radius 2 is 1.87 bits per heavy atom. The summed E-state index contributed by atoms with van der Waals surface area (Å²) >= 11 is 0. The number of carbonyl (C=O) groups is 2. The second-order valence-corrected chi connectivity index (χ2v) is 16.1. The molecule has 31 heavy (non-hydrogen) atoms. The van der Waals surface area contributed by atoms with Gasteiger partial charge in [-0.3, -0.25) is 14.8 Å². The van der Waals surface area contributed by atoms with Gasteiger partial charge in [-0.1, -0.05) is 27.7 Å². The molecule has 0 spiro atoms. The summed E-state index contributed by atoms with van der Waals surface area (Å²) in [4.78, 5) is 29.7. The smallest absolute Gasteiger partial charge is 0.309 e. The Bertz CT molecular complexity index is 798. The zero-order chi connectivity index (χ0) is 23.6. The molecule has 6 atom stereocenters. The topological polar surface area (TPSA) is 91.3 Å². The third-order valence-corrected chi connectivity index (χ3v) is 12.7. The molecule has 1 aliphatic heterocycles. The van der Waals surface area contributed by atoms with Crippen molar-refractivity contribution in [1.29, 1.82) is 0 Å². The van der Waals surface area contributed by atoms with Gasteiger partial charge < -0.3 is 13.9 Å². The lowest BCUT2D eigenvalue weighted by atomic mass is 9.81. The van der Waals surface area contributed by atoms with Crippen molar-refractivity contribution < 1.29 is 33.6 Å². The molecular formula is C23H38O7Si. The molecule has 0 unspecified atom stereocenters. The summed E-state index contributed by atoms with van der Waals surface area (Å²) in [7, 11) is -2.22. The molecule has 0 amide bonds. The van der Waals surface area contributed by atoms with E-state index in [1.165, 1.54) is 6.92 Å². The summed E-state index contributed by atoms with van der Waals surface area (Å²) in [5.41, 5.74) is -0.535. The van der Waals surface area contributed by atoms with Crippen LogP contribution in [0.25, 0.3) is 0 Å². The average molecular weight is 455 g/mol. The molecule has 0 bridgehead atoms. The standard InChI is InChI=1S/C23H38O7Si/c1-13-15-10-11-22(6,28-14(2)24)16-12-17(29-31(8,9)21(3,4)5)23(7,30-26)18(16)19(15)27-20(13)25/h13,15,17,19,26H,10-12H2,1-9H3/t13-,15-,17-,19-,22+,23+/m0/s1. The molecule has 0 aromatic rings. The van der Waals surface area contributed by atoms with Crippen molar-refractivity contribution in [3.8, 4) is 0 Å². The van der Waals surface area contributed by atoms with Crippen LogP contribution < -0.4 is 0 Å². The molecule has 2 aliphatic carbocycles. The summed E-state index contributed by atoms with van der Waals surface area (Å²) in [6.07, 6.45) is 0.676. The summed E-state index contributed by atoms with van der Waals surface area (Å²) < 4.78 is 18.4. The lowest BCUT2D eigenvalue weighted by molar-refractivity contribution is -0.323. The molecule has 1 fully saturated rings. The molecule has 1 N–H and O–H groups in total. The van der Waals surface area contributed by atoms with Crippen LogP contribution in [0.2, 0.25) is 18.1 Å². The number of fused-ring (bicyclic) bond motifs is 2. The van der Waals surface area contributed by atoms with E-state index in [1.807, 2.05) is 13.8 Å². The second kappa shape index (κ2) is 7.68. The average Bonchev–Trinajstić information content (AvgIpc) is 3.02. The highest BCUT2D eigenvalue weighted by Gasteiger charge is 2.62. The van der Waals surface area contributed by atoms with Gasteiger partial charge in [-0.25, -0.2) is 4.89 Å². The van der Waals surface area contributed by atoms with Gasteiger partial charge in [-0.2, -0.15) is 0 Å². The zero-order valence-corrected chi connectivity index (χ0v) is 21.3. The fourth-order valence-corrected chi connectivity index (χ4v) is 6.54. The SMILES string of the molecule is CC(=O)O[C@]1(C)CC[C@H]2[C@H](C)C(=O)O[C@@H]2C2=C1C[C@H](O[Si](C)(C)C(C)(C)C)[C@@]2(C)OO. The van der Waals surface area contributed by atoms with Crippen molar-refractivity contribution in [1.82, 2.24) is 0 Å². The molecule has 3 rings (SSSR count). The Balaban J connectivity index is 2.13. The molecule has 176 valence electrons. The number of hydrogen-bond acceptors (Lipinski definition) is 7. The van der Waals surface area contributed by atoms with Crippen LogP contribution in [0.5, 0.6) is 0 Å². The number of carbonyl (C=O) groups excluding carboxylic acids is 2. The zero-order valence-electron chi connectivity index (χ0n) is 20.3. The maximum absolute atomic E-state index is 12.5. The molecular weight excluding hydrogens is 416 g/mol. The highest BCUT2D eigenvalue weighted by atomic mass is 28.4. The quantitative estimate of drug-likeness (QED) is 0.218. The van der Waals surface area contributed by atoms with E-state index in [0.717, 1.165) is 5.57 Å². The number of rotatable bonds is 4. The highest BCUT2D eigenvalue weighted by molar-refractivity contribution is 6.74. The predicted molar refractivity (Wildman–Crippen MR) is 118 cm³/mol. The van der Waals surface area contributed by atoms with E-state index < -0.39 is 31.7 Å². The molecule has 7 nitrogen and oxygen atoms in total. The van der Waals surface area contributed by atoms with Crippen LogP contribution in [0.15, 0.2) is 11.1 Å². The first kappa shape index (κ1) is 24.4. The van der Waals surface area contributed by atoms with Gasteiger partial charge in [0, 0.05) is 24.8 Å². The van der Waals surface area contributed by atoms with E-state index in [-0.39, 0.29) is 28.8 Å². The normalized spacial score (nSPS) is 38.5. The summed E-state index contributed by atoms with van der Waals surface area (Å²) in [5, 5.41) is 10.1. The molecule has 0 radical (unpaired) electrons. The molecule has 0 aromatic heterocycles. The van der Waals surface area contributed by atoms with Gasteiger partial charge in [0.15, 0.2) is 13.9 Å². The van der Waals surface area contributed by atoms with E-state index in [9.17, 15) is 14.8 Å². The van der Waals surface area contributed by atoms with Crippen LogP contribution >= 0.6 is 0 Å². The van der Waals surface area contributed by atoms with Crippen molar-refractivity contribution in [3.63, 3.8) is 0 Å². The fraction of sp³-hybridized carbons (Fsp3) is 0.826. The summed E-state index contributed by atoms with van der Waals surface area (Å²) in [6.45, 7) is 17.7. The maximum atomic E-state index is 12.5. The first-order chi connectivity index (χ1) is 14.1. The van der Waals surface area contributed by atoms with E-state index in [4.69, 9.17) is 18.8 Å². The third kappa shape index (κ3) is 3.90. The van der Waals surface area contributed by atoms with Crippen molar-refractivity contribution in [2.75, 3.05) is 0 Å².